The van der Waals surface area contributed by atoms with Gasteiger partial charge in [-0.25, -0.2) is 9.64 Å². The number of nitrogens with one attached hydrogen (secondary N) is 4. The third kappa shape index (κ3) is 5.54. The predicted octanol–water partition coefficient (Wildman–Crippen LogP) is 5.69. The van der Waals surface area contributed by atoms with Gasteiger partial charge in [0.05, 0.1) is 17.7 Å². The number of nitrogens with zero attached hydrogens (tertiary/aromatic N) is 3. The minimum atomic E-state index is -4.81. The zero-order valence-electron chi connectivity index (χ0n) is 18.8. The summed E-state index contributed by atoms with van der Waals surface area (Å²) in [5, 5.41) is 15.5. The number of carbonyl (C=O) groups excluding carboxylic acids is 1. The average Bonchev–Trinajstić information content (AvgIpc) is 3.28. The largest absolute Gasteiger partial charge is 0.431 e. The molecule has 2 heterocycles. The quantitative estimate of drug-likeness (QED) is 0.197. The number of hydrazone groups is 1. The molecule has 2 aliphatic rings. The van der Waals surface area contributed by atoms with Gasteiger partial charge in [-0.05, 0) is 65.9 Å². The van der Waals surface area contributed by atoms with Gasteiger partial charge in [-0.3, -0.25) is 10.3 Å². The molecule has 37 heavy (non-hydrogen) atoms. The maximum absolute atomic E-state index is 13.5. The van der Waals surface area contributed by atoms with E-state index in [1.54, 1.807) is 24.3 Å². The highest BCUT2D eigenvalue weighted by Gasteiger charge is 2.58. The van der Waals surface area contributed by atoms with Crippen LogP contribution in [0.2, 0.25) is 0 Å². The molecule has 2 aromatic rings. The first-order valence-electron chi connectivity index (χ1n) is 10.6. The van der Waals surface area contributed by atoms with Crippen LogP contribution < -0.4 is 21.3 Å². The zero-order valence-corrected chi connectivity index (χ0v) is 21.0. The van der Waals surface area contributed by atoms with Crippen LogP contribution in [0, 0.1) is 10.1 Å². The lowest BCUT2D eigenvalue weighted by Gasteiger charge is -2.33. The molecule has 1 fully saturated rings. The van der Waals surface area contributed by atoms with E-state index in [2.05, 4.69) is 53.8 Å². The molecule has 4 rings (SSSR count). The second-order valence-electron chi connectivity index (χ2n) is 8.52. The van der Waals surface area contributed by atoms with E-state index in [4.69, 9.17) is 6.57 Å². The van der Waals surface area contributed by atoms with E-state index in [0.29, 0.717) is 11.8 Å². The van der Waals surface area contributed by atoms with E-state index in [1.807, 2.05) is 0 Å². The zero-order chi connectivity index (χ0) is 27.2. The van der Waals surface area contributed by atoms with Crippen LogP contribution in [0.1, 0.15) is 18.9 Å². The average molecular weight is 637 g/mol. The first-order valence-corrected chi connectivity index (χ1v) is 11.7. The number of halogens is 7. The van der Waals surface area contributed by atoms with E-state index in [0.717, 1.165) is 14.6 Å². The number of benzene rings is 2. The van der Waals surface area contributed by atoms with Crippen LogP contribution in [0.3, 0.4) is 0 Å². The van der Waals surface area contributed by atoms with Gasteiger partial charge in [-0.2, -0.15) is 31.4 Å². The van der Waals surface area contributed by atoms with Crippen molar-refractivity contribution in [1.29, 1.82) is 0 Å². The lowest BCUT2D eigenvalue weighted by atomic mass is 9.93. The van der Waals surface area contributed by atoms with E-state index in [-0.39, 0.29) is 5.69 Å². The summed E-state index contributed by atoms with van der Waals surface area (Å²) in [7, 11) is 0. The highest BCUT2D eigenvalue weighted by molar-refractivity contribution is 14.1. The smallest absolute Gasteiger partial charge is 0.368 e. The molecule has 8 nitrogen and oxygen atoms in total. The van der Waals surface area contributed by atoms with Crippen molar-refractivity contribution in [3.8, 4) is 0 Å². The lowest BCUT2D eigenvalue weighted by Crippen LogP contribution is -2.51. The molecule has 4 N–H and O–H groups in total. The molecule has 2 amide bonds. The van der Waals surface area contributed by atoms with Gasteiger partial charge in [0.2, 0.25) is 0 Å². The highest BCUT2D eigenvalue weighted by Crippen LogP contribution is 2.42. The summed E-state index contributed by atoms with van der Waals surface area (Å²) in [5.74, 6) is 0. The van der Waals surface area contributed by atoms with Gasteiger partial charge >= 0.3 is 18.4 Å². The SMILES string of the molecule is [C-]#[N+]c1ccc(NC2NC(NC(=O)Nc3ccc(I)cc3)N3N=C(C(F)(F)F)C[C@]23C)cc1C(F)(F)F. The van der Waals surface area contributed by atoms with Crippen molar-refractivity contribution in [3.05, 3.63) is 63.0 Å². The first-order chi connectivity index (χ1) is 17.2. The molecule has 0 aromatic heterocycles. The number of alkyl halides is 6. The summed E-state index contributed by atoms with van der Waals surface area (Å²) in [6.07, 6.45) is -12.4. The van der Waals surface area contributed by atoms with E-state index < -0.39 is 59.8 Å². The second kappa shape index (κ2) is 9.56. The Morgan fingerprint density at radius 1 is 1.14 bits per heavy atom. The number of fused-ring (bicyclic) bond motifs is 1. The summed E-state index contributed by atoms with van der Waals surface area (Å²) in [6, 6.07) is 8.95. The molecule has 2 aromatic carbocycles. The van der Waals surface area contributed by atoms with Gasteiger partial charge in [0, 0.05) is 21.4 Å². The number of hydrogen-bond acceptors (Lipinski definition) is 5. The van der Waals surface area contributed by atoms with Gasteiger partial charge in [-0.15, -0.1) is 0 Å². The van der Waals surface area contributed by atoms with Crippen LogP contribution in [-0.2, 0) is 6.18 Å². The van der Waals surface area contributed by atoms with Gasteiger partial charge in [0.15, 0.2) is 12.0 Å². The van der Waals surface area contributed by atoms with Gasteiger partial charge in [-0.1, -0.05) is 6.07 Å². The van der Waals surface area contributed by atoms with Crippen LogP contribution in [0.5, 0.6) is 0 Å². The fraction of sp³-hybridized carbons (Fsp3) is 0.318. The van der Waals surface area contributed by atoms with Crippen molar-refractivity contribution < 1.29 is 31.1 Å². The molecule has 1 saturated heterocycles. The third-order valence-corrected chi connectivity index (χ3v) is 6.62. The molecular formula is C22H18F6IN7O. The topological polar surface area (TPSA) is 85.1 Å². The Labute approximate surface area is 220 Å². The van der Waals surface area contributed by atoms with E-state index >= 15 is 0 Å². The van der Waals surface area contributed by atoms with E-state index in [1.165, 1.54) is 13.0 Å². The van der Waals surface area contributed by atoms with Crippen molar-refractivity contribution in [1.82, 2.24) is 15.6 Å². The number of rotatable bonds is 4. The van der Waals surface area contributed by atoms with E-state index in [9.17, 15) is 31.1 Å². The first kappa shape index (κ1) is 26.8. The molecule has 0 aliphatic carbocycles. The monoisotopic (exact) mass is 637 g/mol. The molecule has 0 spiro atoms. The van der Waals surface area contributed by atoms with Crippen LogP contribution in [0.25, 0.3) is 4.85 Å². The Hall–Kier alpha value is -3.26. The van der Waals surface area contributed by atoms with Crippen molar-refractivity contribution in [2.45, 2.75) is 43.7 Å². The molecule has 2 aliphatic heterocycles. The molecule has 3 atom stereocenters. The fourth-order valence-corrected chi connectivity index (χ4v) is 4.45. The van der Waals surface area contributed by atoms with Crippen LogP contribution in [0.15, 0.2) is 47.6 Å². The Bertz CT molecular complexity index is 1270. The summed E-state index contributed by atoms with van der Waals surface area (Å²) < 4.78 is 81.7. The Balaban J connectivity index is 1.59. The number of hydrogen-bond donors (Lipinski definition) is 4. The van der Waals surface area contributed by atoms with Gasteiger partial charge in [0.1, 0.15) is 11.9 Å². The van der Waals surface area contributed by atoms with Crippen molar-refractivity contribution in [2.75, 3.05) is 10.6 Å². The number of anilines is 2. The molecule has 0 radical (unpaired) electrons. The molecule has 196 valence electrons. The highest BCUT2D eigenvalue weighted by atomic mass is 127. The lowest BCUT2D eigenvalue weighted by molar-refractivity contribution is -0.136. The fourth-order valence-electron chi connectivity index (χ4n) is 4.09. The van der Waals surface area contributed by atoms with Crippen molar-refractivity contribution >= 4 is 51.4 Å². The Morgan fingerprint density at radius 2 is 1.78 bits per heavy atom. The minimum absolute atomic E-state index is 0.0807. The molecule has 15 heteroatoms. The van der Waals surface area contributed by atoms with Crippen LogP contribution >= 0.6 is 22.6 Å². The predicted molar refractivity (Wildman–Crippen MR) is 132 cm³/mol. The number of amides is 2. The van der Waals surface area contributed by atoms with Gasteiger partial charge < -0.3 is 16.0 Å². The van der Waals surface area contributed by atoms with Crippen LogP contribution in [-0.4, -0.2) is 40.9 Å². The maximum atomic E-state index is 13.5. The summed E-state index contributed by atoms with van der Waals surface area (Å²) in [5.41, 5.74) is -3.94. The maximum Gasteiger partial charge on any atom is 0.431 e. The second-order valence-corrected chi connectivity index (χ2v) is 9.76. The van der Waals surface area contributed by atoms with Crippen molar-refractivity contribution in [2.24, 2.45) is 5.10 Å². The summed E-state index contributed by atoms with van der Waals surface area (Å²) in [4.78, 5) is 15.5. The summed E-state index contributed by atoms with van der Waals surface area (Å²) in [6.45, 7) is 8.41. The standard InChI is InChI=1S/C22H18F6IN7O/c1-20-10-16(22(26,27)28)35-36(20)18(34-19(37)32-12-5-3-11(29)4-6-12)33-17(20)31-13-7-8-15(30-2)14(9-13)21(23,24)25/h3-9,17-18,31,33H,10H2,1H3,(H2,32,34,37)/t17?,18?,20-/m1/s1. The number of urea groups is 1. The van der Waals surface area contributed by atoms with Gasteiger partial charge in [0.25, 0.3) is 0 Å². The molecular weight excluding hydrogens is 619 g/mol. The normalized spacial score (nSPS) is 23.2. The Morgan fingerprint density at radius 3 is 2.38 bits per heavy atom. The number of carbonyl (C=O) groups is 1. The van der Waals surface area contributed by atoms with Crippen LogP contribution in [0.4, 0.5) is 48.2 Å². The molecule has 2 unspecified atom stereocenters. The molecule has 0 saturated carbocycles. The Kier molecular flexibility index (Phi) is 6.92. The minimum Gasteiger partial charge on any atom is -0.368 e. The van der Waals surface area contributed by atoms with Crippen molar-refractivity contribution in [3.63, 3.8) is 0 Å². The summed E-state index contributed by atoms with van der Waals surface area (Å²) >= 11 is 2.08. The molecule has 0 bridgehead atoms. The third-order valence-electron chi connectivity index (χ3n) is 5.90.